The number of cyclic esters (lactones) is 1. The lowest BCUT2D eigenvalue weighted by Crippen LogP contribution is -2.49. The maximum absolute atomic E-state index is 13.7. The van der Waals surface area contributed by atoms with Gasteiger partial charge in [-0.05, 0) is 60.1 Å². The number of aliphatic carboxylic acids is 1. The average molecular weight is 860 g/mol. The van der Waals surface area contributed by atoms with Gasteiger partial charge in [0, 0.05) is 27.8 Å². The third kappa shape index (κ3) is 9.60. The lowest BCUT2D eigenvalue weighted by atomic mass is 9.99. The van der Waals surface area contributed by atoms with Gasteiger partial charge in [0.1, 0.15) is 12.6 Å². The van der Waals surface area contributed by atoms with E-state index < -0.39 is 66.3 Å². The van der Waals surface area contributed by atoms with Crippen molar-refractivity contribution in [2.75, 3.05) is 18.4 Å². The normalized spacial score (nSPS) is 14.6. The predicted molar refractivity (Wildman–Crippen MR) is 229 cm³/mol. The van der Waals surface area contributed by atoms with Gasteiger partial charge in [0.25, 0.3) is 11.5 Å². The first-order valence-electron chi connectivity index (χ1n) is 19.6. The van der Waals surface area contributed by atoms with Crippen LogP contribution >= 0.6 is 12.2 Å². The molecule has 2 aliphatic heterocycles. The van der Waals surface area contributed by atoms with Crippen molar-refractivity contribution in [1.29, 1.82) is 0 Å². The summed E-state index contributed by atoms with van der Waals surface area (Å²) in [6, 6.07) is 24.0. The summed E-state index contributed by atoms with van der Waals surface area (Å²) in [5.74, 6) is -5.16. The Hall–Kier alpha value is -7.47. The number of pyridine rings is 2. The van der Waals surface area contributed by atoms with Crippen LogP contribution in [0.4, 0.5) is 5.69 Å². The van der Waals surface area contributed by atoms with E-state index in [1.807, 2.05) is 30.3 Å². The van der Waals surface area contributed by atoms with Crippen LogP contribution in [-0.2, 0) is 46.6 Å². The molecule has 18 heteroatoms. The number of nitrogens with zero attached hydrogens (tertiary/aromatic N) is 2. The second-order valence-electron chi connectivity index (χ2n) is 15.0. The van der Waals surface area contributed by atoms with E-state index in [-0.39, 0.29) is 53.5 Å². The molecule has 0 radical (unpaired) electrons. The van der Waals surface area contributed by atoms with Crippen LogP contribution < -0.4 is 32.1 Å². The van der Waals surface area contributed by atoms with Crippen LogP contribution in [0.3, 0.4) is 0 Å². The number of hydrogen-bond donors (Lipinski definition) is 6. The lowest BCUT2D eigenvalue weighted by molar-refractivity contribution is -0.173. The standard InChI is InChI=1S/C44H41N7O10S/c1-23(2)37(42(58)61-39-29-17-33-38-27(15-25-11-6-7-14-31(25)49-38)21-51(33)41(57)30(29)22-60-43(39)59)50-35(53)20-46-44(62)47-28-13-8-12-26(16-28)40(56)45-19-34(52)48-32(18-36(54)55)24-9-4-3-5-10-24/h3-17,23,32,37,39H,18-22H2,1-2H3,(H,45,56)(H,48,52)(H,50,53)(H,54,55)(H2,46,47,62). The number of carbonyl (C=O) groups excluding carboxylic acids is 5. The van der Waals surface area contributed by atoms with Crippen LogP contribution in [-0.4, -0.2) is 74.5 Å². The summed E-state index contributed by atoms with van der Waals surface area (Å²) >= 11 is 5.35. The van der Waals surface area contributed by atoms with Gasteiger partial charge in [-0.2, -0.15) is 0 Å². The Bertz CT molecular complexity index is 2690. The van der Waals surface area contributed by atoms with Gasteiger partial charge in [-0.3, -0.25) is 24.0 Å². The Labute approximate surface area is 359 Å². The van der Waals surface area contributed by atoms with Gasteiger partial charge in [-0.15, -0.1) is 0 Å². The zero-order valence-electron chi connectivity index (χ0n) is 33.4. The van der Waals surface area contributed by atoms with E-state index >= 15 is 0 Å². The van der Waals surface area contributed by atoms with Crippen molar-refractivity contribution >= 4 is 69.6 Å². The lowest BCUT2D eigenvalue weighted by Gasteiger charge is -2.28. The highest BCUT2D eigenvalue weighted by atomic mass is 32.1. The fraction of sp³-hybridized carbons (Fsp3) is 0.250. The molecule has 0 aliphatic carbocycles. The molecule has 0 fully saturated rings. The summed E-state index contributed by atoms with van der Waals surface area (Å²) in [6.07, 6.45) is -1.90. The van der Waals surface area contributed by atoms with Crippen LogP contribution in [0.2, 0.25) is 0 Å². The smallest absolute Gasteiger partial charge is 0.352 e. The van der Waals surface area contributed by atoms with E-state index in [0.717, 1.165) is 16.5 Å². The Balaban J connectivity index is 0.929. The van der Waals surface area contributed by atoms with E-state index in [4.69, 9.17) is 26.7 Å². The number of thiocarbonyl (C=S) groups is 1. The van der Waals surface area contributed by atoms with E-state index in [1.165, 1.54) is 12.1 Å². The highest BCUT2D eigenvalue weighted by Crippen LogP contribution is 2.36. The van der Waals surface area contributed by atoms with Crippen LogP contribution in [0.15, 0.2) is 95.8 Å². The number of hydrogen-bond acceptors (Lipinski definition) is 11. The van der Waals surface area contributed by atoms with Crippen molar-refractivity contribution in [3.63, 3.8) is 0 Å². The Morgan fingerprint density at radius 3 is 2.39 bits per heavy atom. The van der Waals surface area contributed by atoms with Crippen molar-refractivity contribution in [1.82, 2.24) is 30.8 Å². The largest absolute Gasteiger partial charge is 0.481 e. The number of esters is 2. The molecule has 0 spiro atoms. The summed E-state index contributed by atoms with van der Waals surface area (Å²) < 4.78 is 12.6. The van der Waals surface area contributed by atoms with Crippen molar-refractivity contribution in [3.05, 3.63) is 129 Å². The number of carboxylic acids is 1. The predicted octanol–water partition coefficient (Wildman–Crippen LogP) is 3.26. The molecule has 0 bridgehead atoms. The first kappa shape index (κ1) is 42.6. The fourth-order valence-corrected chi connectivity index (χ4v) is 7.37. The minimum Gasteiger partial charge on any atom is -0.481 e. The summed E-state index contributed by atoms with van der Waals surface area (Å²) in [6.45, 7) is 2.57. The number of amides is 3. The number of carbonyl (C=O) groups is 6. The van der Waals surface area contributed by atoms with Crippen LogP contribution in [0.1, 0.15) is 65.0 Å². The van der Waals surface area contributed by atoms with Gasteiger partial charge in [-0.25, -0.2) is 14.6 Å². The highest BCUT2D eigenvalue weighted by molar-refractivity contribution is 7.80. The molecule has 17 nitrogen and oxygen atoms in total. The number of aromatic nitrogens is 2. The quantitative estimate of drug-likeness (QED) is 0.0682. The molecular formula is C44H41N7O10S. The average Bonchev–Trinajstić information content (AvgIpc) is 3.61. The molecule has 6 N–H and O–H groups in total. The van der Waals surface area contributed by atoms with Gasteiger partial charge < -0.3 is 45.7 Å². The monoisotopic (exact) mass is 859 g/mol. The minimum absolute atomic E-state index is 0.00980. The fourth-order valence-electron chi connectivity index (χ4n) is 7.18. The number of rotatable bonds is 14. The Morgan fingerprint density at radius 1 is 0.903 bits per heavy atom. The van der Waals surface area contributed by atoms with Gasteiger partial charge in [-0.1, -0.05) is 68.4 Å². The number of carboxylic acid groups (broad SMARTS) is 1. The van der Waals surface area contributed by atoms with Crippen LogP contribution in [0, 0.1) is 5.92 Å². The molecule has 2 aliphatic rings. The molecule has 3 aromatic carbocycles. The third-order valence-electron chi connectivity index (χ3n) is 10.3. The van der Waals surface area contributed by atoms with Crippen molar-refractivity contribution in [3.8, 4) is 11.4 Å². The molecule has 3 atom stereocenters. The summed E-state index contributed by atoms with van der Waals surface area (Å²) in [5, 5.41) is 23.6. The molecule has 318 valence electrons. The SMILES string of the molecule is CC(C)C(NC(=O)CNC(=S)Nc1cccc(C(=O)NCC(=O)NC(CC(=O)O)c2ccccc2)c1)C(=O)OC1C(=O)OCc2c1cc1n(c2=O)Cc2cc3ccccc3nc2-1. The Kier molecular flexibility index (Phi) is 12.7. The first-order valence-corrected chi connectivity index (χ1v) is 20.0. The topological polar surface area (TPSA) is 236 Å². The van der Waals surface area contributed by atoms with Gasteiger partial charge in [0.2, 0.25) is 17.9 Å². The van der Waals surface area contributed by atoms with E-state index in [1.54, 1.807) is 66.9 Å². The van der Waals surface area contributed by atoms with Gasteiger partial charge >= 0.3 is 17.9 Å². The molecule has 0 saturated heterocycles. The molecule has 4 heterocycles. The highest BCUT2D eigenvalue weighted by Gasteiger charge is 2.39. The number of fused-ring (bicyclic) bond motifs is 5. The van der Waals surface area contributed by atoms with Gasteiger partial charge in [0.15, 0.2) is 5.11 Å². The number of ether oxygens (including phenoxy) is 2. The minimum atomic E-state index is -1.56. The van der Waals surface area contributed by atoms with Crippen molar-refractivity contribution in [2.24, 2.45) is 5.92 Å². The maximum atomic E-state index is 13.7. The number of benzene rings is 3. The van der Waals surface area contributed by atoms with Gasteiger partial charge in [0.05, 0.1) is 54.6 Å². The summed E-state index contributed by atoms with van der Waals surface area (Å²) in [4.78, 5) is 95.2. The second kappa shape index (κ2) is 18.4. The number of nitrogens with one attached hydrogen (secondary N) is 5. The van der Waals surface area contributed by atoms with Crippen LogP contribution in [0.25, 0.3) is 22.3 Å². The summed E-state index contributed by atoms with van der Waals surface area (Å²) in [7, 11) is 0. The molecule has 0 saturated carbocycles. The third-order valence-corrected chi connectivity index (χ3v) is 10.5. The van der Waals surface area contributed by atoms with E-state index in [0.29, 0.717) is 22.6 Å². The van der Waals surface area contributed by atoms with Crippen molar-refractivity contribution in [2.45, 2.75) is 51.6 Å². The van der Waals surface area contributed by atoms with E-state index in [9.17, 15) is 38.7 Å². The molecule has 3 amide bonds. The molecule has 7 rings (SSSR count). The zero-order valence-corrected chi connectivity index (χ0v) is 34.2. The van der Waals surface area contributed by atoms with Crippen molar-refractivity contribution < 1.29 is 43.3 Å². The molecule has 5 aromatic rings. The Morgan fingerprint density at radius 2 is 1.63 bits per heavy atom. The molecular weight excluding hydrogens is 819 g/mol. The number of anilines is 1. The summed E-state index contributed by atoms with van der Waals surface area (Å²) in [5.41, 5.74) is 3.79. The maximum Gasteiger partial charge on any atom is 0.352 e. The molecule has 2 aromatic heterocycles. The molecule has 3 unspecified atom stereocenters. The second-order valence-corrected chi connectivity index (χ2v) is 15.4. The zero-order chi connectivity index (χ0) is 44.1. The van der Waals surface area contributed by atoms with Crippen LogP contribution in [0.5, 0.6) is 0 Å². The first-order chi connectivity index (χ1) is 29.7. The number of para-hydroxylation sites is 1. The molecule has 62 heavy (non-hydrogen) atoms. The van der Waals surface area contributed by atoms with E-state index in [2.05, 4.69) is 26.6 Å².